The molecule has 1 heterocycles. The van der Waals surface area contributed by atoms with Gasteiger partial charge >= 0.3 is 0 Å². The highest BCUT2D eigenvalue weighted by molar-refractivity contribution is 5.00. The molecule has 2 unspecified atom stereocenters. The molecule has 0 bridgehead atoms. The summed E-state index contributed by atoms with van der Waals surface area (Å²) < 4.78 is 6.05. The van der Waals surface area contributed by atoms with Crippen LogP contribution in [0, 0.1) is 11.3 Å². The van der Waals surface area contributed by atoms with E-state index in [1.807, 2.05) is 6.92 Å². The van der Waals surface area contributed by atoms with Crippen LogP contribution in [-0.2, 0) is 4.74 Å². The maximum absolute atomic E-state index is 10.9. The molecule has 2 fully saturated rings. The maximum Gasteiger partial charge on any atom is 0.0697 e. The molecule has 1 N–H and O–H groups in total. The third-order valence-electron chi connectivity index (χ3n) is 5.32. The van der Waals surface area contributed by atoms with Gasteiger partial charge in [0.2, 0.25) is 0 Å². The predicted molar refractivity (Wildman–Crippen MR) is 70.0 cm³/mol. The summed E-state index contributed by atoms with van der Waals surface area (Å²) in [6, 6.07) is 0. The first-order valence-corrected chi connectivity index (χ1v) is 7.13. The molecule has 2 heteroatoms. The Balaban J connectivity index is 2.12. The smallest absolute Gasteiger partial charge is 0.0697 e. The van der Waals surface area contributed by atoms with Crippen molar-refractivity contribution in [1.29, 1.82) is 0 Å². The zero-order chi connectivity index (χ0) is 12.7. The Labute approximate surface area is 106 Å². The molecule has 2 aliphatic rings. The van der Waals surface area contributed by atoms with Gasteiger partial charge in [0.25, 0.3) is 0 Å². The average molecular weight is 240 g/mol. The van der Waals surface area contributed by atoms with E-state index in [4.69, 9.17) is 4.74 Å². The first-order valence-electron chi connectivity index (χ1n) is 7.13. The largest absolute Gasteiger partial charge is 0.389 e. The molecule has 0 aromatic rings. The van der Waals surface area contributed by atoms with Gasteiger partial charge in [-0.3, -0.25) is 0 Å². The van der Waals surface area contributed by atoms with Crippen LogP contribution in [0.1, 0.15) is 66.2 Å². The van der Waals surface area contributed by atoms with Crippen molar-refractivity contribution in [3.05, 3.63) is 0 Å². The van der Waals surface area contributed by atoms with Gasteiger partial charge in [-0.15, -0.1) is 0 Å². The van der Waals surface area contributed by atoms with Crippen molar-refractivity contribution in [1.82, 2.24) is 0 Å². The number of hydrogen-bond acceptors (Lipinski definition) is 2. The summed E-state index contributed by atoms with van der Waals surface area (Å²) in [7, 11) is 0. The molecule has 0 radical (unpaired) electrons. The molecule has 17 heavy (non-hydrogen) atoms. The molecule has 100 valence electrons. The van der Waals surface area contributed by atoms with E-state index in [1.165, 1.54) is 25.7 Å². The Kier molecular flexibility index (Phi) is 3.33. The van der Waals surface area contributed by atoms with Crippen molar-refractivity contribution in [3.8, 4) is 0 Å². The number of hydrogen-bond donors (Lipinski definition) is 1. The molecule has 2 nitrogen and oxygen atoms in total. The van der Waals surface area contributed by atoms with Gasteiger partial charge in [0.1, 0.15) is 0 Å². The van der Waals surface area contributed by atoms with E-state index in [9.17, 15) is 5.11 Å². The normalized spacial score (nSPS) is 32.6. The Morgan fingerprint density at radius 2 is 1.71 bits per heavy atom. The van der Waals surface area contributed by atoms with Gasteiger partial charge in [0, 0.05) is 6.61 Å². The van der Waals surface area contributed by atoms with Gasteiger partial charge < -0.3 is 9.84 Å². The second-order valence-electron chi connectivity index (χ2n) is 7.33. The molecular formula is C15H28O2. The highest BCUT2D eigenvalue weighted by atomic mass is 16.5. The topological polar surface area (TPSA) is 29.5 Å². The molecule has 2 atom stereocenters. The lowest BCUT2D eigenvalue weighted by molar-refractivity contribution is -0.165. The zero-order valence-electron chi connectivity index (χ0n) is 11.9. The molecule has 1 saturated carbocycles. The van der Waals surface area contributed by atoms with E-state index in [2.05, 4.69) is 20.8 Å². The lowest BCUT2D eigenvalue weighted by Crippen LogP contribution is -2.52. The van der Waals surface area contributed by atoms with Gasteiger partial charge in [-0.05, 0) is 43.9 Å². The molecule has 1 spiro atoms. The molecule has 1 aliphatic carbocycles. The van der Waals surface area contributed by atoms with Crippen LogP contribution < -0.4 is 0 Å². The average Bonchev–Trinajstić information content (AvgIpc) is 2.65. The van der Waals surface area contributed by atoms with E-state index in [-0.39, 0.29) is 11.0 Å². The highest BCUT2D eigenvalue weighted by Crippen LogP contribution is 2.48. The molecule has 0 amide bonds. The fraction of sp³-hybridized carbons (Fsp3) is 1.00. The Morgan fingerprint density at radius 1 is 1.12 bits per heavy atom. The van der Waals surface area contributed by atoms with E-state index >= 15 is 0 Å². The van der Waals surface area contributed by atoms with E-state index in [0.717, 1.165) is 19.4 Å². The van der Waals surface area contributed by atoms with Crippen LogP contribution in [0.15, 0.2) is 0 Å². The van der Waals surface area contributed by atoms with Crippen molar-refractivity contribution in [2.45, 2.75) is 77.4 Å². The van der Waals surface area contributed by atoms with Crippen LogP contribution in [-0.4, -0.2) is 22.9 Å². The Hall–Kier alpha value is -0.0800. The third-order valence-corrected chi connectivity index (χ3v) is 5.32. The molecule has 1 aliphatic heterocycles. The summed E-state index contributed by atoms with van der Waals surface area (Å²) in [6.07, 6.45) is 7.05. The summed E-state index contributed by atoms with van der Waals surface area (Å²) in [5.41, 5.74) is -0.542. The minimum Gasteiger partial charge on any atom is -0.389 e. The van der Waals surface area contributed by atoms with Crippen molar-refractivity contribution < 1.29 is 9.84 Å². The van der Waals surface area contributed by atoms with Gasteiger partial charge in [-0.2, -0.15) is 0 Å². The van der Waals surface area contributed by atoms with E-state index in [1.54, 1.807) is 0 Å². The van der Waals surface area contributed by atoms with Gasteiger partial charge in [0.15, 0.2) is 0 Å². The fourth-order valence-electron chi connectivity index (χ4n) is 3.49. The standard InChI is InChI=1S/C15H28O2/c1-13(2,3)14(4,16)12-7-10-17-15(11-12)8-5-6-9-15/h12,16H,5-11H2,1-4H3. The fourth-order valence-corrected chi connectivity index (χ4v) is 3.49. The molecule has 2 rings (SSSR count). The first kappa shape index (κ1) is 13.4. The molecule has 0 aromatic carbocycles. The molecule has 1 saturated heterocycles. The minimum atomic E-state index is -0.591. The Morgan fingerprint density at radius 3 is 2.24 bits per heavy atom. The van der Waals surface area contributed by atoms with Crippen molar-refractivity contribution in [2.24, 2.45) is 11.3 Å². The lowest BCUT2D eigenvalue weighted by atomic mass is 9.65. The van der Waals surface area contributed by atoms with E-state index < -0.39 is 5.60 Å². The van der Waals surface area contributed by atoms with Crippen molar-refractivity contribution in [2.75, 3.05) is 6.61 Å². The summed E-state index contributed by atoms with van der Waals surface area (Å²) in [5, 5.41) is 10.9. The number of aliphatic hydroxyl groups is 1. The summed E-state index contributed by atoms with van der Waals surface area (Å²) >= 11 is 0. The second-order valence-corrected chi connectivity index (χ2v) is 7.33. The van der Waals surface area contributed by atoms with Crippen LogP contribution in [0.3, 0.4) is 0 Å². The van der Waals surface area contributed by atoms with E-state index in [0.29, 0.717) is 5.92 Å². The molecule has 0 aromatic heterocycles. The number of rotatable bonds is 1. The van der Waals surface area contributed by atoms with Crippen molar-refractivity contribution in [3.63, 3.8) is 0 Å². The van der Waals surface area contributed by atoms with Crippen molar-refractivity contribution >= 4 is 0 Å². The van der Waals surface area contributed by atoms with Gasteiger partial charge in [-0.25, -0.2) is 0 Å². The second kappa shape index (κ2) is 4.24. The Bertz CT molecular complexity index is 269. The van der Waals surface area contributed by atoms with Crippen LogP contribution in [0.4, 0.5) is 0 Å². The molecular weight excluding hydrogens is 212 g/mol. The summed E-state index contributed by atoms with van der Waals surface area (Å²) in [5.74, 6) is 0.384. The minimum absolute atomic E-state index is 0.0607. The van der Waals surface area contributed by atoms with Gasteiger partial charge in [0.05, 0.1) is 11.2 Å². The lowest BCUT2D eigenvalue weighted by Gasteiger charge is -2.49. The van der Waals surface area contributed by atoms with Gasteiger partial charge in [-0.1, -0.05) is 33.6 Å². The maximum atomic E-state index is 10.9. The van der Waals surface area contributed by atoms with Crippen LogP contribution in [0.25, 0.3) is 0 Å². The van der Waals surface area contributed by atoms with Crippen LogP contribution >= 0.6 is 0 Å². The third kappa shape index (κ3) is 2.39. The SMILES string of the molecule is CC(C)(C)C(C)(O)C1CCOC2(CCCC2)C1. The number of ether oxygens (including phenoxy) is 1. The predicted octanol–water partition coefficient (Wildman–Crippen LogP) is 3.52. The first-order chi connectivity index (χ1) is 7.77. The van der Waals surface area contributed by atoms with Crippen LogP contribution in [0.2, 0.25) is 0 Å². The highest BCUT2D eigenvalue weighted by Gasteiger charge is 2.49. The summed E-state index contributed by atoms with van der Waals surface area (Å²) in [6.45, 7) is 9.28. The quantitative estimate of drug-likeness (QED) is 0.760. The zero-order valence-corrected chi connectivity index (χ0v) is 11.9. The summed E-state index contributed by atoms with van der Waals surface area (Å²) in [4.78, 5) is 0. The monoisotopic (exact) mass is 240 g/mol. The van der Waals surface area contributed by atoms with Crippen LogP contribution in [0.5, 0.6) is 0 Å².